The van der Waals surface area contributed by atoms with Crippen molar-refractivity contribution in [3.8, 4) is 0 Å². The minimum atomic E-state index is -0.392. The number of allylic oxidation sites excluding steroid dienone is 2. The van der Waals surface area contributed by atoms with Crippen LogP contribution in [0, 0.1) is 5.41 Å². The lowest BCUT2D eigenvalue weighted by molar-refractivity contribution is 0.245. The molecule has 0 bridgehead atoms. The summed E-state index contributed by atoms with van der Waals surface area (Å²) in [4.78, 5) is 2.74. The fourth-order valence-electron chi connectivity index (χ4n) is 12.4. The smallest absolute Gasteiger partial charge is 0.0839 e. The third kappa shape index (κ3) is 3.41. The van der Waals surface area contributed by atoms with Crippen molar-refractivity contribution >= 4 is 27.7 Å². The lowest BCUT2D eigenvalue weighted by Crippen LogP contribution is -2.60. The van der Waals surface area contributed by atoms with Crippen molar-refractivity contribution in [2.45, 2.75) is 102 Å². The topological polar surface area (TPSA) is 3.24 Å². The van der Waals surface area contributed by atoms with Crippen LogP contribution in [-0.4, -0.2) is 5.54 Å². The van der Waals surface area contributed by atoms with Gasteiger partial charge < -0.3 is 4.90 Å². The molecule has 1 saturated carbocycles. The number of rotatable bonds is 1. The first-order chi connectivity index (χ1) is 24.0. The van der Waals surface area contributed by atoms with Gasteiger partial charge in [-0.25, -0.2) is 0 Å². The molecule has 0 aromatic heterocycles. The monoisotopic (exact) mass is 651 g/mol. The van der Waals surface area contributed by atoms with Gasteiger partial charge in [0.15, 0.2) is 0 Å². The van der Waals surface area contributed by atoms with Crippen LogP contribution in [0.15, 0.2) is 126 Å². The Kier molecular flexibility index (Phi) is 5.91. The largest absolute Gasteiger partial charge is 0.328 e. The van der Waals surface area contributed by atoms with Gasteiger partial charge in [0.1, 0.15) is 0 Å². The zero-order valence-corrected chi connectivity index (χ0v) is 30.8. The highest BCUT2D eigenvalue weighted by Gasteiger charge is 2.68. The standard InChI is InChI=1S/C49H49N/c1-31-35-17-10-12-20-38(35)47(6)43-36-18-9-8-16-32(36)22-27-41(43)50(34-25-23-33(24-26-34)45(2,3)4)46(5)30-40-37-19-11-13-21-39(37)49(28-14-15-29-49)48(40,7)42(31)44(46)47/h8-13,16-27,30-31H,14-15,28-29H2,1-7H3. The van der Waals surface area contributed by atoms with Gasteiger partial charge in [-0.1, -0.05) is 145 Å². The minimum absolute atomic E-state index is 0.0903. The molecule has 4 aliphatic carbocycles. The van der Waals surface area contributed by atoms with E-state index in [9.17, 15) is 0 Å². The average molecular weight is 652 g/mol. The number of nitrogens with zero attached hydrogens (tertiary/aromatic N) is 1. The maximum Gasteiger partial charge on any atom is 0.0839 e. The molecule has 1 heterocycles. The summed E-state index contributed by atoms with van der Waals surface area (Å²) in [7, 11) is 0. The zero-order chi connectivity index (χ0) is 34.4. The van der Waals surface area contributed by atoms with Crippen molar-refractivity contribution in [1.29, 1.82) is 0 Å². The summed E-state index contributed by atoms with van der Waals surface area (Å²) in [5, 5.41) is 2.68. The first-order valence-corrected chi connectivity index (χ1v) is 19.1. The van der Waals surface area contributed by atoms with Gasteiger partial charge in [0, 0.05) is 33.5 Å². The molecule has 50 heavy (non-hydrogen) atoms. The van der Waals surface area contributed by atoms with E-state index in [0.29, 0.717) is 5.92 Å². The Morgan fingerprint density at radius 2 is 1.36 bits per heavy atom. The van der Waals surface area contributed by atoms with Gasteiger partial charge in [0.05, 0.1) is 5.54 Å². The highest BCUT2D eigenvalue weighted by molar-refractivity contribution is 6.00. The summed E-state index contributed by atoms with van der Waals surface area (Å²) < 4.78 is 0. The molecule has 5 aromatic rings. The molecule has 4 unspecified atom stereocenters. The summed E-state index contributed by atoms with van der Waals surface area (Å²) >= 11 is 0. The second-order valence-electron chi connectivity index (χ2n) is 17.7. The molecule has 1 spiro atoms. The number of fused-ring (bicyclic) bond motifs is 12. The van der Waals surface area contributed by atoms with Crippen LogP contribution >= 0.6 is 0 Å². The first-order valence-electron chi connectivity index (χ1n) is 19.1. The highest BCUT2D eigenvalue weighted by atomic mass is 15.2. The van der Waals surface area contributed by atoms with Crippen molar-refractivity contribution in [3.05, 3.63) is 160 Å². The molecular formula is C49H49N. The molecule has 1 nitrogen and oxygen atoms in total. The van der Waals surface area contributed by atoms with E-state index in [-0.39, 0.29) is 21.7 Å². The molecule has 0 N–H and O–H groups in total. The molecule has 0 amide bonds. The maximum atomic E-state index is 2.77. The summed E-state index contributed by atoms with van der Waals surface area (Å²) in [5.41, 5.74) is 15.7. The van der Waals surface area contributed by atoms with Crippen LogP contribution < -0.4 is 4.90 Å². The Bertz CT molecular complexity index is 2320. The Morgan fingerprint density at radius 3 is 2.10 bits per heavy atom. The molecule has 5 aliphatic rings. The summed E-state index contributed by atoms with van der Waals surface area (Å²) in [6, 6.07) is 42.5. The number of anilines is 2. The molecule has 1 aliphatic heterocycles. The highest BCUT2D eigenvalue weighted by Crippen LogP contribution is 2.76. The number of hydrogen-bond donors (Lipinski definition) is 0. The van der Waals surface area contributed by atoms with E-state index in [4.69, 9.17) is 0 Å². The Hall–Kier alpha value is -4.36. The zero-order valence-electron chi connectivity index (χ0n) is 30.8. The van der Waals surface area contributed by atoms with E-state index in [1.165, 1.54) is 75.6 Å². The lowest BCUT2D eigenvalue weighted by atomic mass is 9.44. The third-order valence-corrected chi connectivity index (χ3v) is 14.4. The van der Waals surface area contributed by atoms with Gasteiger partial charge in [-0.05, 0) is 111 Å². The lowest BCUT2D eigenvalue weighted by Gasteiger charge is -2.63. The molecule has 0 radical (unpaired) electrons. The molecule has 1 heteroatoms. The van der Waals surface area contributed by atoms with Gasteiger partial charge in [0.25, 0.3) is 0 Å². The van der Waals surface area contributed by atoms with E-state index >= 15 is 0 Å². The van der Waals surface area contributed by atoms with Crippen LogP contribution in [-0.2, 0) is 16.2 Å². The fourth-order valence-corrected chi connectivity index (χ4v) is 12.4. The molecule has 4 atom stereocenters. The minimum Gasteiger partial charge on any atom is -0.328 e. The predicted octanol–water partition coefficient (Wildman–Crippen LogP) is 12.7. The number of hydrogen-bond acceptors (Lipinski definition) is 1. The van der Waals surface area contributed by atoms with Crippen molar-refractivity contribution in [3.63, 3.8) is 0 Å². The summed E-state index contributed by atoms with van der Waals surface area (Å²) in [5.74, 6) is 0.302. The van der Waals surface area contributed by atoms with Gasteiger partial charge >= 0.3 is 0 Å². The molecular weight excluding hydrogens is 603 g/mol. The molecule has 0 saturated heterocycles. The van der Waals surface area contributed by atoms with Crippen LogP contribution in [0.2, 0.25) is 0 Å². The van der Waals surface area contributed by atoms with Gasteiger partial charge in [-0.2, -0.15) is 0 Å². The Labute approximate surface area is 298 Å². The van der Waals surface area contributed by atoms with Crippen LogP contribution in [0.25, 0.3) is 16.3 Å². The summed E-state index contributed by atoms with van der Waals surface area (Å²) in [6.07, 6.45) is 7.90. The van der Waals surface area contributed by atoms with E-state index in [2.05, 4.69) is 169 Å². The van der Waals surface area contributed by atoms with E-state index in [0.717, 1.165) is 0 Å². The molecule has 10 rings (SSSR count). The van der Waals surface area contributed by atoms with Gasteiger partial charge in [-0.3, -0.25) is 0 Å². The molecule has 5 aromatic carbocycles. The second-order valence-corrected chi connectivity index (χ2v) is 17.7. The predicted molar refractivity (Wildman–Crippen MR) is 211 cm³/mol. The van der Waals surface area contributed by atoms with Crippen LogP contribution in [0.3, 0.4) is 0 Å². The van der Waals surface area contributed by atoms with Crippen molar-refractivity contribution < 1.29 is 0 Å². The van der Waals surface area contributed by atoms with Gasteiger partial charge in [-0.15, -0.1) is 0 Å². The van der Waals surface area contributed by atoms with Gasteiger partial charge in [0.2, 0.25) is 0 Å². The normalized spacial score (nSPS) is 28.6. The Morgan fingerprint density at radius 1 is 0.700 bits per heavy atom. The van der Waals surface area contributed by atoms with E-state index in [1.54, 1.807) is 22.3 Å². The van der Waals surface area contributed by atoms with Crippen molar-refractivity contribution in [2.75, 3.05) is 4.90 Å². The summed E-state index contributed by atoms with van der Waals surface area (Å²) in [6.45, 7) is 17.3. The molecule has 1 fully saturated rings. The van der Waals surface area contributed by atoms with Crippen molar-refractivity contribution in [2.24, 2.45) is 5.41 Å². The van der Waals surface area contributed by atoms with E-state index < -0.39 is 5.54 Å². The van der Waals surface area contributed by atoms with E-state index in [1.807, 2.05) is 0 Å². The average Bonchev–Trinajstić information content (AvgIpc) is 3.69. The fraction of sp³-hybridized carbons (Fsp3) is 0.347. The second kappa shape index (κ2) is 9.70. The third-order valence-electron chi connectivity index (χ3n) is 14.4. The SMILES string of the molecule is CC1C2=C3C(C)(c4ccccc41)c1c(ccc4ccccc14)N(c1ccc(C(C)(C)C)cc1)C3(C)C=C1c3ccccc3C3(CCCC3)C12C. The van der Waals surface area contributed by atoms with Crippen molar-refractivity contribution in [1.82, 2.24) is 0 Å². The first kappa shape index (κ1) is 30.5. The molecule has 250 valence electrons. The number of benzene rings is 5. The van der Waals surface area contributed by atoms with Crippen LogP contribution in [0.4, 0.5) is 11.4 Å². The Balaban J connectivity index is 1.40. The van der Waals surface area contributed by atoms with Crippen LogP contribution in [0.1, 0.15) is 113 Å². The van der Waals surface area contributed by atoms with Crippen LogP contribution in [0.5, 0.6) is 0 Å². The maximum absolute atomic E-state index is 2.77. The quantitative estimate of drug-likeness (QED) is 0.163.